The third-order valence-corrected chi connectivity index (χ3v) is 4.80. The van der Waals surface area contributed by atoms with Crippen LogP contribution in [0.1, 0.15) is 31.7 Å². The number of amides is 1. The predicted molar refractivity (Wildman–Crippen MR) is 103 cm³/mol. The van der Waals surface area contributed by atoms with Crippen molar-refractivity contribution in [1.29, 1.82) is 0 Å². The molecule has 8 heteroatoms. The first kappa shape index (κ1) is 19.3. The van der Waals surface area contributed by atoms with Crippen LogP contribution in [-0.4, -0.2) is 21.0 Å². The summed E-state index contributed by atoms with van der Waals surface area (Å²) in [6.45, 7) is 3.80. The molecule has 0 aliphatic carbocycles. The summed E-state index contributed by atoms with van der Waals surface area (Å²) in [6.07, 6.45) is 3.89. The number of nitrogens with one attached hydrogen (secondary N) is 1. The van der Waals surface area contributed by atoms with Gasteiger partial charge in [0.1, 0.15) is 0 Å². The number of halogens is 2. The fraction of sp³-hybridized carbons (Fsp3) is 0.263. The quantitative estimate of drug-likeness (QED) is 0.657. The average Bonchev–Trinajstić information content (AvgIpc) is 3.12. The number of nitrogens with zero attached hydrogens (tertiary/aromatic N) is 3. The van der Waals surface area contributed by atoms with Gasteiger partial charge in [0.15, 0.2) is 0 Å². The second-order valence-corrected chi connectivity index (χ2v) is 7.36. The van der Waals surface area contributed by atoms with Crippen LogP contribution in [0.4, 0.5) is 0 Å². The number of aromatic nitrogens is 3. The van der Waals surface area contributed by atoms with Gasteiger partial charge in [0, 0.05) is 30.8 Å². The second kappa shape index (κ2) is 8.06. The summed E-state index contributed by atoms with van der Waals surface area (Å²) >= 11 is 12.0. The summed E-state index contributed by atoms with van der Waals surface area (Å²) in [5, 5.41) is 7.85. The highest BCUT2D eigenvalue weighted by atomic mass is 35.5. The molecule has 2 aromatic heterocycles. The number of hydrogen-bond donors (Lipinski definition) is 1. The molecule has 1 N–H and O–H groups in total. The number of rotatable bonds is 6. The van der Waals surface area contributed by atoms with E-state index in [4.69, 9.17) is 27.7 Å². The van der Waals surface area contributed by atoms with E-state index in [1.54, 1.807) is 36.7 Å². The fourth-order valence-corrected chi connectivity index (χ4v) is 2.86. The van der Waals surface area contributed by atoms with Gasteiger partial charge in [-0.3, -0.25) is 9.78 Å². The smallest absolute Gasteiger partial charge is 0.227 e. The molecule has 6 nitrogen and oxygen atoms in total. The molecule has 2 heterocycles. The van der Waals surface area contributed by atoms with Crippen LogP contribution in [0.5, 0.6) is 0 Å². The van der Waals surface area contributed by atoms with Crippen LogP contribution < -0.4 is 5.32 Å². The first-order valence-electron chi connectivity index (χ1n) is 8.35. The van der Waals surface area contributed by atoms with Gasteiger partial charge < -0.3 is 9.84 Å². The maximum absolute atomic E-state index is 12.4. The maximum Gasteiger partial charge on any atom is 0.227 e. The van der Waals surface area contributed by atoms with E-state index < -0.39 is 5.54 Å². The molecule has 0 aliphatic rings. The molecule has 1 aromatic carbocycles. The largest absolute Gasteiger partial charge is 0.347 e. The number of carbonyl (C=O) groups is 1. The standard InChI is InChI=1S/C19H18Cl2N4O2/c1-19(2,13-3-4-14(20)15(21)11-13)24-16(26)5-6-17-23-18(25-27-17)12-7-9-22-10-8-12/h3-4,7-11H,5-6H2,1-2H3,(H,24,26). The van der Waals surface area contributed by atoms with E-state index in [9.17, 15) is 4.79 Å². The van der Waals surface area contributed by atoms with Crippen molar-refractivity contribution >= 4 is 29.1 Å². The molecule has 0 fully saturated rings. The topological polar surface area (TPSA) is 80.9 Å². The van der Waals surface area contributed by atoms with Crippen LogP contribution in [0.2, 0.25) is 10.0 Å². The van der Waals surface area contributed by atoms with Crippen molar-refractivity contribution in [2.45, 2.75) is 32.2 Å². The normalized spacial score (nSPS) is 11.4. The monoisotopic (exact) mass is 404 g/mol. The van der Waals surface area contributed by atoms with Crippen molar-refractivity contribution in [2.24, 2.45) is 0 Å². The first-order chi connectivity index (χ1) is 12.8. The summed E-state index contributed by atoms with van der Waals surface area (Å²) in [6, 6.07) is 8.89. The highest BCUT2D eigenvalue weighted by Gasteiger charge is 2.24. The Balaban J connectivity index is 1.59. The van der Waals surface area contributed by atoms with Crippen molar-refractivity contribution in [3.63, 3.8) is 0 Å². The zero-order valence-corrected chi connectivity index (χ0v) is 16.4. The summed E-state index contributed by atoms with van der Waals surface area (Å²) in [7, 11) is 0. The van der Waals surface area contributed by atoms with Crippen LogP contribution >= 0.6 is 23.2 Å². The molecule has 0 saturated heterocycles. The number of pyridine rings is 1. The lowest BCUT2D eigenvalue weighted by molar-refractivity contribution is -0.122. The summed E-state index contributed by atoms with van der Waals surface area (Å²) in [5.74, 6) is 0.753. The van der Waals surface area contributed by atoms with Crippen LogP contribution in [0.3, 0.4) is 0 Å². The molecular formula is C19H18Cl2N4O2. The number of hydrogen-bond acceptors (Lipinski definition) is 5. The minimum Gasteiger partial charge on any atom is -0.347 e. The highest BCUT2D eigenvalue weighted by Crippen LogP contribution is 2.28. The molecule has 27 heavy (non-hydrogen) atoms. The molecule has 1 amide bonds. The molecule has 0 unspecified atom stereocenters. The molecule has 0 atom stereocenters. The van der Waals surface area contributed by atoms with Crippen LogP contribution in [0.25, 0.3) is 11.4 Å². The zero-order chi connectivity index (χ0) is 19.4. The van der Waals surface area contributed by atoms with Gasteiger partial charge in [0.25, 0.3) is 0 Å². The second-order valence-electron chi connectivity index (χ2n) is 6.55. The molecule has 0 spiro atoms. The summed E-state index contributed by atoms with van der Waals surface area (Å²) in [5.41, 5.74) is 1.08. The Morgan fingerprint density at radius 1 is 1.15 bits per heavy atom. The minimum absolute atomic E-state index is 0.130. The Kier molecular flexibility index (Phi) is 5.77. The molecule has 0 saturated carbocycles. The Bertz CT molecular complexity index is 942. The first-order valence-corrected chi connectivity index (χ1v) is 9.10. The minimum atomic E-state index is -0.595. The average molecular weight is 405 g/mol. The van der Waals surface area contributed by atoms with Crippen LogP contribution in [0.15, 0.2) is 47.2 Å². The highest BCUT2D eigenvalue weighted by molar-refractivity contribution is 6.42. The van der Waals surface area contributed by atoms with Gasteiger partial charge in [-0.05, 0) is 43.7 Å². The van der Waals surface area contributed by atoms with Crippen molar-refractivity contribution in [3.8, 4) is 11.4 Å². The van der Waals surface area contributed by atoms with Crippen LogP contribution in [-0.2, 0) is 16.8 Å². The summed E-state index contributed by atoms with van der Waals surface area (Å²) < 4.78 is 5.22. The van der Waals surface area contributed by atoms with Gasteiger partial charge in [0.2, 0.25) is 17.6 Å². The third-order valence-electron chi connectivity index (χ3n) is 4.07. The molecule has 3 aromatic rings. The lowest BCUT2D eigenvalue weighted by atomic mass is 9.94. The maximum atomic E-state index is 12.4. The van der Waals surface area contributed by atoms with E-state index >= 15 is 0 Å². The van der Waals surface area contributed by atoms with E-state index in [2.05, 4.69) is 20.4 Å². The predicted octanol–water partition coefficient (Wildman–Crippen LogP) is 4.42. The van der Waals surface area contributed by atoms with E-state index in [-0.39, 0.29) is 12.3 Å². The summed E-state index contributed by atoms with van der Waals surface area (Å²) in [4.78, 5) is 20.6. The molecular weight excluding hydrogens is 387 g/mol. The lowest BCUT2D eigenvalue weighted by Crippen LogP contribution is -2.41. The molecule has 0 aliphatic heterocycles. The van der Waals surface area contributed by atoms with Crippen molar-refractivity contribution in [2.75, 3.05) is 0 Å². The van der Waals surface area contributed by atoms with Gasteiger partial charge in [-0.25, -0.2) is 0 Å². The Labute approximate surface area is 166 Å². The number of aryl methyl sites for hydroxylation is 1. The number of carbonyl (C=O) groups excluding carboxylic acids is 1. The molecule has 3 rings (SSSR count). The third kappa shape index (κ3) is 4.84. The van der Waals surface area contributed by atoms with Crippen molar-refractivity contribution in [3.05, 3.63) is 64.2 Å². The Hall–Kier alpha value is -2.44. The van der Waals surface area contributed by atoms with E-state index in [1.807, 2.05) is 19.9 Å². The van der Waals surface area contributed by atoms with Crippen LogP contribution in [0, 0.1) is 0 Å². The van der Waals surface area contributed by atoms with Gasteiger partial charge in [0.05, 0.1) is 15.6 Å². The molecule has 0 bridgehead atoms. The van der Waals surface area contributed by atoms with Crippen molar-refractivity contribution < 1.29 is 9.32 Å². The van der Waals surface area contributed by atoms with E-state index in [0.29, 0.717) is 28.2 Å². The molecule has 140 valence electrons. The zero-order valence-electron chi connectivity index (χ0n) is 14.9. The van der Waals surface area contributed by atoms with Gasteiger partial charge in [-0.15, -0.1) is 0 Å². The number of benzene rings is 1. The van der Waals surface area contributed by atoms with E-state index in [1.165, 1.54) is 0 Å². The van der Waals surface area contributed by atoms with Crippen molar-refractivity contribution in [1.82, 2.24) is 20.4 Å². The SMILES string of the molecule is CC(C)(NC(=O)CCc1nc(-c2ccncc2)no1)c1ccc(Cl)c(Cl)c1. The Morgan fingerprint density at radius 2 is 1.89 bits per heavy atom. The van der Waals surface area contributed by atoms with Gasteiger partial charge in [-0.2, -0.15) is 4.98 Å². The fourth-order valence-electron chi connectivity index (χ4n) is 2.56. The van der Waals surface area contributed by atoms with Gasteiger partial charge >= 0.3 is 0 Å². The Morgan fingerprint density at radius 3 is 2.59 bits per heavy atom. The lowest BCUT2D eigenvalue weighted by Gasteiger charge is -2.27. The molecule has 0 radical (unpaired) electrons. The van der Waals surface area contributed by atoms with Gasteiger partial charge in [-0.1, -0.05) is 34.4 Å². The van der Waals surface area contributed by atoms with E-state index in [0.717, 1.165) is 11.1 Å².